The summed E-state index contributed by atoms with van der Waals surface area (Å²) < 4.78 is 5.13. The lowest BCUT2D eigenvalue weighted by Gasteiger charge is -2.15. The number of fused-ring (bicyclic) bond motifs is 1. The van der Waals surface area contributed by atoms with Crippen LogP contribution in [-0.2, 0) is 6.54 Å². The third kappa shape index (κ3) is 3.78. The van der Waals surface area contributed by atoms with E-state index in [0.717, 1.165) is 47.2 Å². The van der Waals surface area contributed by atoms with Crippen LogP contribution in [0.1, 0.15) is 30.1 Å². The summed E-state index contributed by atoms with van der Waals surface area (Å²) in [6, 6.07) is 3.79. The van der Waals surface area contributed by atoms with Crippen LogP contribution in [0.5, 0.6) is 5.88 Å². The van der Waals surface area contributed by atoms with Gasteiger partial charge in [-0.15, -0.1) is 11.3 Å². The van der Waals surface area contributed by atoms with E-state index in [1.165, 1.54) is 15.3 Å². The number of nitrogens with one attached hydrogen (secondary N) is 2. The van der Waals surface area contributed by atoms with Crippen molar-refractivity contribution < 1.29 is 9.64 Å². The van der Waals surface area contributed by atoms with Gasteiger partial charge in [0, 0.05) is 10.9 Å². The number of aryl methyl sites for hydroxylation is 2. The van der Waals surface area contributed by atoms with Crippen molar-refractivity contribution in [3.63, 3.8) is 0 Å². The molecule has 0 unspecified atom stereocenters. The maximum atomic E-state index is 5.13. The first-order valence-corrected chi connectivity index (χ1v) is 9.74. The highest BCUT2D eigenvalue weighted by Gasteiger charge is 2.17. The average Bonchev–Trinajstić information content (AvgIpc) is 2.94. The van der Waals surface area contributed by atoms with Crippen LogP contribution in [0.4, 0.5) is 11.5 Å². The Hall–Kier alpha value is -2.25. The van der Waals surface area contributed by atoms with Crippen molar-refractivity contribution in [3.05, 3.63) is 34.6 Å². The quantitative estimate of drug-likeness (QED) is 0.668. The van der Waals surface area contributed by atoms with Crippen LogP contribution in [0.15, 0.2) is 18.3 Å². The molecule has 3 heterocycles. The van der Waals surface area contributed by atoms with E-state index in [2.05, 4.69) is 38.0 Å². The SMILES string of the molecule is CC[NH+](CC)Cc1nc(Nc2ccc(OC)nc2)c2c(C)c(C)sc2n1. The Morgan fingerprint density at radius 3 is 2.54 bits per heavy atom. The second kappa shape index (κ2) is 7.97. The molecular formula is C19H26N5OS+. The molecule has 0 aliphatic rings. The van der Waals surface area contributed by atoms with Gasteiger partial charge < -0.3 is 15.0 Å². The van der Waals surface area contributed by atoms with E-state index in [1.54, 1.807) is 24.6 Å². The van der Waals surface area contributed by atoms with Gasteiger partial charge in [0.25, 0.3) is 0 Å². The second-order valence-corrected chi connectivity index (χ2v) is 7.50. The fraction of sp³-hybridized carbons (Fsp3) is 0.421. The van der Waals surface area contributed by atoms with Gasteiger partial charge in [-0.1, -0.05) is 0 Å². The lowest BCUT2D eigenvalue weighted by molar-refractivity contribution is -0.910. The molecule has 3 aromatic rings. The zero-order valence-electron chi connectivity index (χ0n) is 16.0. The standard InChI is InChI=1S/C19H25N5OS/c1-6-24(7-2)11-15-22-18(17-12(3)13(4)26-19(17)23-15)21-14-8-9-16(25-5)20-10-14/h8-10H,6-7,11H2,1-5H3,(H,21,22,23)/p+1. The zero-order chi connectivity index (χ0) is 18.7. The number of quaternary nitrogens is 1. The molecule has 0 aromatic carbocycles. The lowest BCUT2D eigenvalue weighted by Crippen LogP contribution is -3.10. The molecule has 0 aliphatic carbocycles. The predicted octanol–water partition coefficient (Wildman–Crippen LogP) is 2.88. The van der Waals surface area contributed by atoms with Crippen molar-refractivity contribution in [2.75, 3.05) is 25.5 Å². The number of rotatable bonds is 7. The first kappa shape index (κ1) is 18.5. The summed E-state index contributed by atoms with van der Waals surface area (Å²) in [6.45, 7) is 11.6. The van der Waals surface area contributed by atoms with E-state index in [1.807, 2.05) is 12.1 Å². The van der Waals surface area contributed by atoms with Crippen molar-refractivity contribution in [1.29, 1.82) is 0 Å². The van der Waals surface area contributed by atoms with Gasteiger partial charge in [-0.2, -0.15) is 0 Å². The van der Waals surface area contributed by atoms with E-state index in [9.17, 15) is 0 Å². The minimum atomic E-state index is 0.594. The fourth-order valence-electron chi connectivity index (χ4n) is 2.90. The topological polar surface area (TPSA) is 64.4 Å². The first-order valence-electron chi connectivity index (χ1n) is 8.92. The van der Waals surface area contributed by atoms with E-state index in [4.69, 9.17) is 14.7 Å². The van der Waals surface area contributed by atoms with Crippen LogP contribution >= 0.6 is 11.3 Å². The average molecular weight is 373 g/mol. The molecule has 0 bridgehead atoms. The summed E-state index contributed by atoms with van der Waals surface area (Å²) in [5.74, 6) is 2.32. The monoisotopic (exact) mass is 372 g/mol. The highest BCUT2D eigenvalue weighted by Crippen LogP contribution is 2.34. The van der Waals surface area contributed by atoms with Gasteiger partial charge in [0.05, 0.1) is 37.5 Å². The molecule has 0 spiro atoms. The number of methoxy groups -OCH3 is 1. The Bertz CT molecular complexity index is 887. The first-order chi connectivity index (χ1) is 12.5. The Labute approximate surface area is 158 Å². The van der Waals surface area contributed by atoms with E-state index >= 15 is 0 Å². The molecule has 0 aliphatic heterocycles. The van der Waals surface area contributed by atoms with Crippen LogP contribution in [-0.4, -0.2) is 35.2 Å². The van der Waals surface area contributed by atoms with Crippen molar-refractivity contribution in [1.82, 2.24) is 15.0 Å². The molecule has 0 atom stereocenters. The van der Waals surface area contributed by atoms with Gasteiger partial charge in [0.1, 0.15) is 17.2 Å². The molecule has 3 aromatic heterocycles. The van der Waals surface area contributed by atoms with E-state index < -0.39 is 0 Å². The smallest absolute Gasteiger partial charge is 0.213 e. The number of hydrogen-bond acceptors (Lipinski definition) is 6. The number of ether oxygens (including phenoxy) is 1. The Morgan fingerprint density at radius 2 is 1.92 bits per heavy atom. The second-order valence-electron chi connectivity index (χ2n) is 6.30. The third-order valence-corrected chi connectivity index (χ3v) is 5.79. The summed E-state index contributed by atoms with van der Waals surface area (Å²) >= 11 is 1.73. The maximum absolute atomic E-state index is 5.13. The minimum Gasteiger partial charge on any atom is -0.481 e. The van der Waals surface area contributed by atoms with Gasteiger partial charge in [0.15, 0.2) is 5.82 Å². The summed E-state index contributed by atoms with van der Waals surface area (Å²) in [6.07, 6.45) is 1.76. The maximum Gasteiger partial charge on any atom is 0.213 e. The van der Waals surface area contributed by atoms with Gasteiger partial charge in [0.2, 0.25) is 5.88 Å². The number of nitrogens with zero attached hydrogens (tertiary/aromatic N) is 3. The molecule has 2 N–H and O–H groups in total. The van der Waals surface area contributed by atoms with Gasteiger partial charge in [-0.25, -0.2) is 15.0 Å². The van der Waals surface area contributed by atoms with Crippen LogP contribution in [0.3, 0.4) is 0 Å². The number of hydrogen-bond donors (Lipinski definition) is 2. The van der Waals surface area contributed by atoms with Crippen LogP contribution in [0, 0.1) is 13.8 Å². The van der Waals surface area contributed by atoms with Crippen molar-refractivity contribution in [3.8, 4) is 5.88 Å². The summed E-state index contributed by atoms with van der Waals surface area (Å²) in [5.41, 5.74) is 2.12. The molecule has 0 fully saturated rings. The van der Waals surface area contributed by atoms with Crippen molar-refractivity contribution in [2.24, 2.45) is 0 Å². The number of anilines is 2. The molecular weight excluding hydrogens is 346 g/mol. The lowest BCUT2D eigenvalue weighted by atomic mass is 10.2. The van der Waals surface area contributed by atoms with E-state index in [0.29, 0.717) is 5.88 Å². The Kier molecular flexibility index (Phi) is 5.68. The minimum absolute atomic E-state index is 0.594. The highest BCUT2D eigenvalue weighted by molar-refractivity contribution is 7.18. The summed E-state index contributed by atoms with van der Waals surface area (Å²) in [5, 5.41) is 4.53. The Balaban J connectivity index is 2.02. The predicted molar refractivity (Wildman–Crippen MR) is 107 cm³/mol. The van der Waals surface area contributed by atoms with Crippen molar-refractivity contribution in [2.45, 2.75) is 34.2 Å². The molecule has 7 heteroatoms. The molecule has 26 heavy (non-hydrogen) atoms. The molecule has 138 valence electrons. The normalized spacial score (nSPS) is 11.3. The fourth-order valence-corrected chi connectivity index (χ4v) is 3.95. The van der Waals surface area contributed by atoms with Crippen LogP contribution < -0.4 is 15.0 Å². The van der Waals surface area contributed by atoms with Crippen LogP contribution in [0.25, 0.3) is 10.2 Å². The van der Waals surface area contributed by atoms with E-state index in [-0.39, 0.29) is 0 Å². The summed E-state index contributed by atoms with van der Waals surface area (Å²) in [4.78, 5) is 17.7. The van der Waals surface area contributed by atoms with Crippen LogP contribution in [0.2, 0.25) is 0 Å². The zero-order valence-corrected chi connectivity index (χ0v) is 16.8. The van der Waals surface area contributed by atoms with Gasteiger partial charge >= 0.3 is 0 Å². The molecule has 3 rings (SSSR count). The largest absolute Gasteiger partial charge is 0.481 e. The summed E-state index contributed by atoms with van der Waals surface area (Å²) in [7, 11) is 1.61. The number of pyridine rings is 1. The molecule has 0 saturated heterocycles. The van der Waals surface area contributed by atoms with Gasteiger partial charge in [-0.05, 0) is 39.3 Å². The Morgan fingerprint density at radius 1 is 1.15 bits per heavy atom. The third-order valence-electron chi connectivity index (χ3n) is 4.69. The van der Waals surface area contributed by atoms with Crippen molar-refractivity contribution >= 4 is 33.1 Å². The molecule has 0 saturated carbocycles. The highest BCUT2D eigenvalue weighted by atomic mass is 32.1. The van der Waals surface area contributed by atoms with Gasteiger partial charge in [-0.3, -0.25) is 0 Å². The molecule has 0 radical (unpaired) electrons. The molecule has 6 nitrogen and oxygen atoms in total. The number of aromatic nitrogens is 3. The number of thiophene rings is 1. The molecule has 0 amide bonds.